The molecular formula is C18H22FNO4. The molecule has 0 radical (unpaired) electrons. The van der Waals surface area contributed by atoms with Gasteiger partial charge in [0.2, 0.25) is 5.91 Å². The van der Waals surface area contributed by atoms with Gasteiger partial charge in [0.25, 0.3) is 0 Å². The molecule has 2 N–H and O–H groups in total. The summed E-state index contributed by atoms with van der Waals surface area (Å²) in [6, 6.07) is 5.95. The number of carboxylic acids is 1. The van der Waals surface area contributed by atoms with Gasteiger partial charge in [-0.1, -0.05) is 24.3 Å². The molecule has 5 nitrogen and oxygen atoms in total. The Labute approximate surface area is 140 Å². The summed E-state index contributed by atoms with van der Waals surface area (Å²) in [4.78, 5) is 23.3. The molecule has 1 aromatic rings. The molecule has 1 amide bonds. The van der Waals surface area contributed by atoms with Gasteiger partial charge in [-0.15, -0.1) is 0 Å². The van der Waals surface area contributed by atoms with Crippen LogP contribution in [0.4, 0.5) is 4.39 Å². The number of amides is 1. The summed E-state index contributed by atoms with van der Waals surface area (Å²) in [7, 11) is 0. The molecule has 24 heavy (non-hydrogen) atoms. The molecule has 0 aromatic heterocycles. The Hall–Kier alpha value is -2.21. The van der Waals surface area contributed by atoms with Crippen molar-refractivity contribution in [2.45, 2.75) is 19.3 Å². The van der Waals surface area contributed by atoms with Gasteiger partial charge < -0.3 is 15.2 Å². The van der Waals surface area contributed by atoms with Crippen molar-refractivity contribution >= 4 is 18.0 Å². The SMILES string of the molecule is O=C(C/C=C/c1ccc(F)cc1)NCC(C(=O)O)C1CCOCC1. The Morgan fingerprint density at radius 1 is 1.29 bits per heavy atom. The Bertz CT molecular complexity index is 579. The second kappa shape index (κ2) is 9.17. The highest BCUT2D eigenvalue weighted by molar-refractivity contribution is 5.79. The van der Waals surface area contributed by atoms with Crippen LogP contribution >= 0.6 is 0 Å². The van der Waals surface area contributed by atoms with E-state index in [1.807, 2.05) is 0 Å². The first-order valence-electron chi connectivity index (χ1n) is 8.05. The van der Waals surface area contributed by atoms with E-state index >= 15 is 0 Å². The van der Waals surface area contributed by atoms with Crippen LogP contribution < -0.4 is 5.32 Å². The van der Waals surface area contributed by atoms with Crippen molar-refractivity contribution in [1.29, 1.82) is 0 Å². The average Bonchev–Trinajstić information content (AvgIpc) is 2.57. The highest BCUT2D eigenvalue weighted by Crippen LogP contribution is 2.23. The lowest BCUT2D eigenvalue weighted by Crippen LogP contribution is -2.38. The van der Waals surface area contributed by atoms with Gasteiger partial charge in [-0.2, -0.15) is 0 Å². The second-order valence-electron chi connectivity index (χ2n) is 5.86. The Balaban J connectivity index is 1.78. The van der Waals surface area contributed by atoms with E-state index in [2.05, 4.69) is 5.32 Å². The zero-order valence-electron chi connectivity index (χ0n) is 13.4. The molecule has 1 fully saturated rings. The Morgan fingerprint density at radius 2 is 1.96 bits per heavy atom. The number of carbonyl (C=O) groups is 2. The van der Waals surface area contributed by atoms with Gasteiger partial charge in [0, 0.05) is 26.2 Å². The van der Waals surface area contributed by atoms with Gasteiger partial charge in [0.05, 0.1) is 5.92 Å². The summed E-state index contributed by atoms with van der Waals surface area (Å²) >= 11 is 0. The number of hydrogen-bond acceptors (Lipinski definition) is 3. The fourth-order valence-corrected chi connectivity index (χ4v) is 2.75. The third kappa shape index (κ3) is 5.77. The van der Waals surface area contributed by atoms with Crippen LogP contribution in [-0.2, 0) is 14.3 Å². The number of hydrogen-bond donors (Lipinski definition) is 2. The minimum atomic E-state index is -0.885. The van der Waals surface area contributed by atoms with Crippen molar-refractivity contribution in [3.63, 3.8) is 0 Å². The average molecular weight is 335 g/mol. The number of aliphatic carboxylic acids is 1. The van der Waals surface area contributed by atoms with E-state index in [0.717, 1.165) is 5.56 Å². The quantitative estimate of drug-likeness (QED) is 0.803. The molecule has 1 aliphatic rings. The molecule has 1 aromatic carbocycles. The lowest BCUT2D eigenvalue weighted by molar-refractivity contribution is -0.144. The van der Waals surface area contributed by atoms with Crippen LogP contribution in [0.5, 0.6) is 0 Å². The minimum Gasteiger partial charge on any atom is -0.481 e. The molecule has 1 atom stereocenters. The lowest BCUT2D eigenvalue weighted by Gasteiger charge is -2.27. The van der Waals surface area contributed by atoms with Crippen molar-refractivity contribution in [1.82, 2.24) is 5.32 Å². The zero-order chi connectivity index (χ0) is 17.4. The van der Waals surface area contributed by atoms with Crippen LogP contribution in [-0.4, -0.2) is 36.7 Å². The van der Waals surface area contributed by atoms with Crippen LogP contribution in [0.1, 0.15) is 24.8 Å². The fraction of sp³-hybridized carbons (Fsp3) is 0.444. The van der Waals surface area contributed by atoms with Crippen molar-refractivity contribution < 1.29 is 23.8 Å². The van der Waals surface area contributed by atoms with Crippen LogP contribution in [0.15, 0.2) is 30.3 Å². The molecule has 0 aliphatic carbocycles. The number of carbonyl (C=O) groups excluding carboxylic acids is 1. The molecule has 2 rings (SSSR count). The van der Waals surface area contributed by atoms with E-state index < -0.39 is 11.9 Å². The number of carboxylic acid groups (broad SMARTS) is 1. The highest BCUT2D eigenvalue weighted by atomic mass is 19.1. The van der Waals surface area contributed by atoms with E-state index in [9.17, 15) is 19.1 Å². The highest BCUT2D eigenvalue weighted by Gasteiger charge is 2.29. The van der Waals surface area contributed by atoms with E-state index in [0.29, 0.717) is 26.1 Å². The first-order chi connectivity index (χ1) is 11.6. The van der Waals surface area contributed by atoms with Crippen molar-refractivity contribution in [2.24, 2.45) is 11.8 Å². The van der Waals surface area contributed by atoms with Gasteiger partial charge >= 0.3 is 5.97 Å². The summed E-state index contributed by atoms with van der Waals surface area (Å²) < 4.78 is 18.0. The maximum atomic E-state index is 12.8. The molecule has 0 bridgehead atoms. The summed E-state index contributed by atoms with van der Waals surface area (Å²) in [5, 5.41) is 12.0. The molecule has 0 spiro atoms. The van der Waals surface area contributed by atoms with Crippen LogP contribution in [0, 0.1) is 17.7 Å². The number of rotatable bonds is 7. The molecule has 1 saturated heterocycles. The molecular weight excluding hydrogens is 313 g/mol. The van der Waals surface area contributed by atoms with E-state index in [4.69, 9.17) is 4.74 Å². The zero-order valence-corrected chi connectivity index (χ0v) is 13.4. The molecule has 1 aliphatic heterocycles. The maximum Gasteiger partial charge on any atom is 0.308 e. The smallest absolute Gasteiger partial charge is 0.308 e. The van der Waals surface area contributed by atoms with Crippen molar-refractivity contribution in [3.8, 4) is 0 Å². The summed E-state index contributed by atoms with van der Waals surface area (Å²) in [5.74, 6) is -1.97. The summed E-state index contributed by atoms with van der Waals surface area (Å²) in [6.45, 7) is 1.27. The second-order valence-corrected chi connectivity index (χ2v) is 5.86. The van der Waals surface area contributed by atoms with Crippen LogP contribution in [0.25, 0.3) is 6.08 Å². The van der Waals surface area contributed by atoms with E-state index in [-0.39, 0.29) is 30.6 Å². The Kier molecular flexibility index (Phi) is 6.93. The maximum absolute atomic E-state index is 12.8. The molecule has 1 heterocycles. The molecule has 130 valence electrons. The largest absolute Gasteiger partial charge is 0.481 e. The first kappa shape index (κ1) is 18.1. The number of nitrogens with one attached hydrogen (secondary N) is 1. The van der Waals surface area contributed by atoms with E-state index in [1.165, 1.54) is 12.1 Å². The summed E-state index contributed by atoms with van der Waals surface area (Å²) in [6.07, 6.45) is 4.96. The third-order valence-corrected chi connectivity index (χ3v) is 4.15. The van der Waals surface area contributed by atoms with Crippen molar-refractivity contribution in [3.05, 3.63) is 41.7 Å². The standard InChI is InChI=1S/C18H22FNO4/c19-15-6-4-13(5-7-15)2-1-3-17(21)20-12-16(18(22)23)14-8-10-24-11-9-14/h1-2,4-7,14,16H,3,8-12H2,(H,20,21)(H,22,23)/b2-1+. The normalized spacial score (nSPS) is 16.9. The molecule has 6 heteroatoms. The molecule has 0 saturated carbocycles. The predicted octanol–water partition coefficient (Wildman–Crippen LogP) is 2.47. The predicted molar refractivity (Wildman–Crippen MR) is 87.7 cm³/mol. The number of benzene rings is 1. The van der Waals surface area contributed by atoms with Crippen LogP contribution in [0.2, 0.25) is 0 Å². The monoisotopic (exact) mass is 335 g/mol. The van der Waals surface area contributed by atoms with Crippen molar-refractivity contribution in [2.75, 3.05) is 19.8 Å². The van der Waals surface area contributed by atoms with E-state index in [1.54, 1.807) is 24.3 Å². The minimum absolute atomic E-state index is 0.0336. The third-order valence-electron chi connectivity index (χ3n) is 4.15. The van der Waals surface area contributed by atoms with Gasteiger partial charge in [0.1, 0.15) is 5.82 Å². The number of ether oxygens (including phenoxy) is 1. The summed E-state index contributed by atoms with van der Waals surface area (Å²) in [5.41, 5.74) is 0.801. The first-order valence-corrected chi connectivity index (χ1v) is 8.05. The molecule has 1 unspecified atom stereocenters. The topological polar surface area (TPSA) is 75.6 Å². The number of halogens is 1. The van der Waals surface area contributed by atoms with Gasteiger partial charge in [-0.25, -0.2) is 4.39 Å². The Morgan fingerprint density at radius 3 is 2.58 bits per heavy atom. The fourth-order valence-electron chi connectivity index (χ4n) is 2.75. The van der Waals surface area contributed by atoms with Gasteiger partial charge in [0.15, 0.2) is 0 Å². The van der Waals surface area contributed by atoms with Gasteiger partial charge in [-0.3, -0.25) is 9.59 Å². The lowest BCUT2D eigenvalue weighted by atomic mass is 9.86. The van der Waals surface area contributed by atoms with Crippen LogP contribution in [0.3, 0.4) is 0 Å². The van der Waals surface area contributed by atoms with Gasteiger partial charge in [-0.05, 0) is 36.5 Å².